The van der Waals surface area contributed by atoms with E-state index in [2.05, 4.69) is 18.2 Å². The lowest BCUT2D eigenvalue weighted by Gasteiger charge is -2.16. The molecule has 2 aromatic rings. The zero-order valence-corrected chi connectivity index (χ0v) is 12.6. The third-order valence-electron chi connectivity index (χ3n) is 2.95. The van der Waals surface area contributed by atoms with Gasteiger partial charge >= 0.3 is 0 Å². The van der Waals surface area contributed by atoms with E-state index in [1.54, 1.807) is 17.8 Å². The summed E-state index contributed by atoms with van der Waals surface area (Å²) in [4.78, 5) is 3.09. The molecule has 0 radical (unpaired) electrons. The predicted molar refractivity (Wildman–Crippen MR) is 79.8 cm³/mol. The number of nitrogens with zero attached hydrogens (tertiary/aromatic N) is 1. The molecule has 0 saturated heterocycles. The largest absolute Gasteiger partial charge is 0.331 e. The highest BCUT2D eigenvalue weighted by atomic mass is 35.5. The Morgan fingerprint density at radius 2 is 2.28 bits per heavy atom. The number of rotatable bonds is 4. The van der Waals surface area contributed by atoms with E-state index in [1.165, 1.54) is 6.07 Å². The van der Waals surface area contributed by atoms with E-state index < -0.39 is 5.82 Å². The van der Waals surface area contributed by atoms with Crippen molar-refractivity contribution in [3.8, 4) is 0 Å². The highest BCUT2D eigenvalue weighted by Gasteiger charge is 2.15. The normalized spacial score (nSPS) is 13.1. The summed E-state index contributed by atoms with van der Waals surface area (Å²) in [6.07, 6.45) is 3.00. The highest BCUT2D eigenvalue weighted by Crippen LogP contribution is 2.27. The minimum Gasteiger partial charge on any atom is -0.331 e. The fourth-order valence-corrected chi connectivity index (χ4v) is 3.34. The Labute approximate surface area is 120 Å². The number of hydrogen-bond acceptors (Lipinski definition) is 2. The minimum atomic E-state index is -0.411. The average molecular weight is 305 g/mol. The molecule has 98 valence electrons. The number of fused-ring (bicyclic) bond motifs is 1. The summed E-state index contributed by atoms with van der Waals surface area (Å²) in [5, 5.41) is 0.115. The molecule has 0 aliphatic carbocycles. The van der Waals surface area contributed by atoms with Gasteiger partial charge in [0.05, 0.1) is 16.1 Å². The second kappa shape index (κ2) is 5.63. The Balaban J connectivity index is 2.66. The smallest absolute Gasteiger partial charge is 0.178 e. The lowest BCUT2D eigenvalue weighted by atomic mass is 10.2. The first-order valence-electron chi connectivity index (χ1n) is 5.66. The van der Waals surface area contributed by atoms with Crippen LogP contribution in [0.2, 0.25) is 5.02 Å². The molecular formula is C12H14ClFN2S2. The van der Waals surface area contributed by atoms with Gasteiger partial charge in [-0.05, 0) is 31.0 Å². The first-order chi connectivity index (χ1) is 8.58. The van der Waals surface area contributed by atoms with Gasteiger partial charge in [-0.3, -0.25) is 0 Å². The molecule has 0 spiro atoms. The van der Waals surface area contributed by atoms with Crippen molar-refractivity contribution in [3.05, 3.63) is 27.7 Å². The maximum absolute atomic E-state index is 13.6. The van der Waals surface area contributed by atoms with Crippen molar-refractivity contribution in [2.24, 2.45) is 0 Å². The Bertz CT molecular complexity index is 620. The second-order valence-corrected chi connectivity index (χ2v) is 5.81. The van der Waals surface area contributed by atoms with Crippen LogP contribution in [-0.4, -0.2) is 21.6 Å². The van der Waals surface area contributed by atoms with Gasteiger partial charge in [0.15, 0.2) is 4.77 Å². The molecule has 1 unspecified atom stereocenters. The molecular weight excluding hydrogens is 291 g/mol. The summed E-state index contributed by atoms with van der Waals surface area (Å²) in [6, 6.07) is 3.30. The zero-order chi connectivity index (χ0) is 13.3. The van der Waals surface area contributed by atoms with E-state index in [1.807, 2.05) is 4.57 Å². The van der Waals surface area contributed by atoms with Crippen molar-refractivity contribution in [3.63, 3.8) is 0 Å². The zero-order valence-electron chi connectivity index (χ0n) is 10.2. The molecule has 1 N–H and O–H groups in total. The number of benzene rings is 1. The van der Waals surface area contributed by atoms with Crippen molar-refractivity contribution < 1.29 is 4.39 Å². The van der Waals surface area contributed by atoms with Crippen LogP contribution in [0, 0.1) is 10.6 Å². The van der Waals surface area contributed by atoms with Gasteiger partial charge in [-0.25, -0.2) is 4.39 Å². The topological polar surface area (TPSA) is 20.7 Å². The molecule has 1 atom stereocenters. The number of nitrogens with one attached hydrogen (secondary N) is 1. The van der Waals surface area contributed by atoms with Gasteiger partial charge in [0.25, 0.3) is 0 Å². The number of imidazole rings is 1. The van der Waals surface area contributed by atoms with Gasteiger partial charge in [0, 0.05) is 17.9 Å². The molecule has 0 aliphatic heterocycles. The molecule has 0 fully saturated rings. The third kappa shape index (κ3) is 2.44. The van der Waals surface area contributed by atoms with Crippen LogP contribution in [-0.2, 0) is 0 Å². The molecule has 1 heterocycles. The van der Waals surface area contributed by atoms with E-state index >= 15 is 0 Å². The predicted octanol–water partition coefficient (Wildman–Crippen LogP) is 4.81. The van der Waals surface area contributed by atoms with Crippen LogP contribution in [0.15, 0.2) is 12.1 Å². The number of aromatic nitrogens is 2. The second-order valence-electron chi connectivity index (χ2n) is 4.10. The molecule has 1 aromatic heterocycles. The van der Waals surface area contributed by atoms with Crippen molar-refractivity contribution in [2.45, 2.75) is 19.4 Å². The number of halogens is 2. The van der Waals surface area contributed by atoms with E-state index in [9.17, 15) is 4.39 Å². The van der Waals surface area contributed by atoms with Crippen LogP contribution >= 0.6 is 35.6 Å². The molecule has 6 heteroatoms. The van der Waals surface area contributed by atoms with Gasteiger partial charge in [-0.15, -0.1) is 0 Å². The van der Waals surface area contributed by atoms with Crippen molar-refractivity contribution in [1.29, 1.82) is 0 Å². The van der Waals surface area contributed by atoms with E-state index in [0.29, 0.717) is 4.77 Å². The van der Waals surface area contributed by atoms with Crippen molar-refractivity contribution in [2.75, 3.05) is 12.0 Å². The summed E-state index contributed by atoms with van der Waals surface area (Å²) in [5.41, 5.74) is 1.56. The lowest BCUT2D eigenvalue weighted by molar-refractivity contribution is 0.546. The van der Waals surface area contributed by atoms with E-state index in [-0.39, 0.29) is 11.1 Å². The molecule has 0 aliphatic rings. The monoisotopic (exact) mass is 304 g/mol. The molecule has 0 amide bonds. The summed E-state index contributed by atoms with van der Waals surface area (Å²) >= 11 is 12.9. The van der Waals surface area contributed by atoms with Crippen molar-refractivity contribution >= 4 is 46.6 Å². The Morgan fingerprint density at radius 3 is 2.89 bits per heavy atom. The summed E-state index contributed by atoms with van der Waals surface area (Å²) in [7, 11) is 0. The molecule has 0 bridgehead atoms. The van der Waals surface area contributed by atoms with Crippen LogP contribution in [0.1, 0.15) is 19.4 Å². The van der Waals surface area contributed by atoms with E-state index in [0.717, 1.165) is 23.2 Å². The quantitative estimate of drug-likeness (QED) is 0.819. The molecule has 2 nitrogen and oxygen atoms in total. The first kappa shape index (κ1) is 13.9. The van der Waals surface area contributed by atoms with Crippen molar-refractivity contribution in [1.82, 2.24) is 9.55 Å². The van der Waals surface area contributed by atoms with Crippen LogP contribution in [0.3, 0.4) is 0 Å². The number of thioether (sulfide) groups is 1. The Morgan fingerprint density at radius 1 is 1.56 bits per heavy atom. The van der Waals surface area contributed by atoms with Gasteiger partial charge in [-0.1, -0.05) is 18.5 Å². The van der Waals surface area contributed by atoms with Crippen LogP contribution < -0.4 is 0 Å². The Hall–Kier alpha value is -0.520. The number of hydrogen-bond donors (Lipinski definition) is 1. The first-order valence-corrected chi connectivity index (χ1v) is 7.84. The van der Waals surface area contributed by atoms with Gasteiger partial charge in [0.2, 0.25) is 0 Å². The maximum atomic E-state index is 13.6. The van der Waals surface area contributed by atoms with Gasteiger partial charge in [0.1, 0.15) is 5.82 Å². The highest BCUT2D eigenvalue weighted by molar-refractivity contribution is 7.98. The van der Waals surface area contributed by atoms with Crippen LogP contribution in [0.4, 0.5) is 4.39 Å². The van der Waals surface area contributed by atoms with Gasteiger partial charge < -0.3 is 9.55 Å². The number of aromatic amines is 1. The summed E-state index contributed by atoms with van der Waals surface area (Å²) < 4.78 is 16.2. The fourth-order valence-electron chi connectivity index (χ4n) is 2.05. The standard InChI is InChI=1S/C12H14ClFN2S2/c1-3-7(6-18-2)16-11-5-9(14)8(13)4-10(11)15-12(16)17/h4-5,7H,3,6H2,1-2H3,(H,15,17). The van der Waals surface area contributed by atoms with Crippen LogP contribution in [0.25, 0.3) is 11.0 Å². The summed E-state index contributed by atoms with van der Waals surface area (Å²) in [6.45, 7) is 2.10. The molecule has 0 saturated carbocycles. The fraction of sp³-hybridized carbons (Fsp3) is 0.417. The SMILES string of the molecule is CCC(CSC)n1c(=S)[nH]c2cc(Cl)c(F)cc21. The molecule has 2 rings (SSSR count). The van der Waals surface area contributed by atoms with Gasteiger partial charge in [-0.2, -0.15) is 11.8 Å². The summed E-state index contributed by atoms with van der Waals surface area (Å²) in [5.74, 6) is 0.535. The van der Waals surface area contributed by atoms with Crippen LogP contribution in [0.5, 0.6) is 0 Å². The molecule has 1 aromatic carbocycles. The average Bonchev–Trinajstić information content (AvgIpc) is 2.63. The number of H-pyrrole nitrogens is 1. The maximum Gasteiger partial charge on any atom is 0.178 e. The molecule has 18 heavy (non-hydrogen) atoms. The lowest BCUT2D eigenvalue weighted by Crippen LogP contribution is -2.10. The Kier molecular flexibility index (Phi) is 4.35. The third-order valence-corrected chi connectivity index (χ3v) is 4.26. The van der Waals surface area contributed by atoms with E-state index in [4.69, 9.17) is 23.8 Å². The minimum absolute atomic E-state index is 0.115.